The fourth-order valence-corrected chi connectivity index (χ4v) is 2.79. The van der Waals surface area contributed by atoms with Crippen molar-refractivity contribution in [2.75, 3.05) is 13.1 Å². The summed E-state index contributed by atoms with van der Waals surface area (Å²) in [4.78, 5) is 14.4. The molecular weight excluding hydrogens is 248 g/mol. The second-order valence-electron chi connectivity index (χ2n) is 5.89. The van der Waals surface area contributed by atoms with E-state index in [-0.39, 0.29) is 5.91 Å². The van der Waals surface area contributed by atoms with E-state index in [0.717, 1.165) is 18.4 Å². The molecule has 1 aliphatic rings. The minimum absolute atomic E-state index is 0.0589. The van der Waals surface area contributed by atoms with Gasteiger partial charge in [0.1, 0.15) is 0 Å². The highest BCUT2D eigenvalue weighted by atomic mass is 16.2. The molecule has 1 aromatic rings. The van der Waals surface area contributed by atoms with Gasteiger partial charge in [-0.25, -0.2) is 0 Å². The van der Waals surface area contributed by atoms with Crippen LogP contribution in [0.5, 0.6) is 0 Å². The Hall–Kier alpha value is -1.82. The van der Waals surface area contributed by atoms with Gasteiger partial charge < -0.3 is 4.90 Å². The van der Waals surface area contributed by atoms with Gasteiger partial charge in [0.2, 0.25) is 0 Å². The van der Waals surface area contributed by atoms with Crippen molar-refractivity contribution in [3.63, 3.8) is 0 Å². The largest absolute Gasteiger partial charge is 0.337 e. The summed E-state index contributed by atoms with van der Waals surface area (Å²) in [6.07, 6.45) is 3.80. The van der Waals surface area contributed by atoms with Gasteiger partial charge in [0.25, 0.3) is 5.91 Å². The first-order valence-corrected chi connectivity index (χ1v) is 7.40. The van der Waals surface area contributed by atoms with E-state index in [1.54, 1.807) is 0 Å². The molecule has 2 rings (SSSR count). The van der Waals surface area contributed by atoms with E-state index in [1.807, 2.05) is 17.0 Å². The molecule has 3 nitrogen and oxygen atoms in total. The van der Waals surface area contributed by atoms with Crippen molar-refractivity contribution < 1.29 is 4.79 Å². The zero-order valence-corrected chi connectivity index (χ0v) is 12.4. The monoisotopic (exact) mass is 270 g/mol. The van der Waals surface area contributed by atoms with Crippen molar-refractivity contribution in [2.45, 2.75) is 39.5 Å². The molecule has 0 aliphatic heterocycles. The number of nitriles is 1. The fraction of sp³-hybridized carbons (Fsp3) is 0.529. The number of fused-ring (bicyclic) bond motifs is 1. The SMILES string of the molecule is CC(C)CN(CCC#N)C(=O)c1ccc2c(c1)CCC2. The third-order valence-electron chi connectivity index (χ3n) is 3.71. The quantitative estimate of drug-likeness (QED) is 0.824. The van der Waals surface area contributed by atoms with E-state index in [1.165, 1.54) is 17.5 Å². The molecule has 20 heavy (non-hydrogen) atoms. The van der Waals surface area contributed by atoms with Crippen LogP contribution in [0.3, 0.4) is 0 Å². The van der Waals surface area contributed by atoms with E-state index in [0.29, 0.717) is 25.4 Å². The summed E-state index contributed by atoms with van der Waals surface area (Å²) >= 11 is 0. The average molecular weight is 270 g/mol. The highest BCUT2D eigenvalue weighted by Gasteiger charge is 2.19. The molecule has 0 unspecified atom stereocenters. The average Bonchev–Trinajstić information content (AvgIpc) is 2.89. The maximum absolute atomic E-state index is 12.6. The topological polar surface area (TPSA) is 44.1 Å². The van der Waals surface area contributed by atoms with Gasteiger partial charge in [-0.3, -0.25) is 4.79 Å². The third-order valence-corrected chi connectivity index (χ3v) is 3.71. The number of carbonyl (C=O) groups is 1. The zero-order chi connectivity index (χ0) is 14.5. The van der Waals surface area contributed by atoms with Crippen molar-refractivity contribution in [1.82, 2.24) is 4.90 Å². The highest BCUT2D eigenvalue weighted by Crippen LogP contribution is 2.23. The Balaban J connectivity index is 2.16. The standard InChI is InChI=1S/C17H22N2O/c1-13(2)12-19(10-4-9-18)17(20)16-8-7-14-5-3-6-15(14)11-16/h7-8,11,13H,3-6,10,12H2,1-2H3. The van der Waals surface area contributed by atoms with Gasteiger partial charge in [-0.1, -0.05) is 19.9 Å². The van der Waals surface area contributed by atoms with E-state index in [2.05, 4.69) is 26.0 Å². The van der Waals surface area contributed by atoms with Crippen molar-refractivity contribution in [3.05, 3.63) is 34.9 Å². The molecule has 0 radical (unpaired) electrons. The Morgan fingerprint density at radius 2 is 2.10 bits per heavy atom. The summed E-state index contributed by atoms with van der Waals surface area (Å²) < 4.78 is 0. The van der Waals surface area contributed by atoms with Gasteiger partial charge in [-0.15, -0.1) is 0 Å². The lowest BCUT2D eigenvalue weighted by atomic mass is 10.0. The maximum atomic E-state index is 12.6. The molecule has 0 saturated carbocycles. The minimum Gasteiger partial charge on any atom is -0.337 e. The van der Waals surface area contributed by atoms with Crippen molar-refractivity contribution >= 4 is 5.91 Å². The van der Waals surface area contributed by atoms with Crippen LogP contribution < -0.4 is 0 Å². The van der Waals surface area contributed by atoms with Gasteiger partial charge in [-0.2, -0.15) is 5.26 Å². The summed E-state index contributed by atoms with van der Waals surface area (Å²) in [5, 5.41) is 8.74. The molecule has 106 valence electrons. The van der Waals surface area contributed by atoms with Crippen LogP contribution >= 0.6 is 0 Å². The number of benzene rings is 1. The number of rotatable bonds is 5. The smallest absolute Gasteiger partial charge is 0.253 e. The fourth-order valence-electron chi connectivity index (χ4n) is 2.79. The van der Waals surface area contributed by atoms with E-state index >= 15 is 0 Å². The Bertz CT molecular complexity index is 528. The highest BCUT2D eigenvalue weighted by molar-refractivity contribution is 5.94. The van der Waals surface area contributed by atoms with E-state index in [9.17, 15) is 4.79 Å². The molecule has 0 fully saturated rings. The van der Waals surface area contributed by atoms with Crippen LogP contribution in [0.1, 0.15) is 48.2 Å². The molecule has 3 heteroatoms. The van der Waals surface area contributed by atoms with Crippen LogP contribution in [0.15, 0.2) is 18.2 Å². The van der Waals surface area contributed by atoms with Crippen molar-refractivity contribution in [2.24, 2.45) is 5.92 Å². The summed E-state index contributed by atoms with van der Waals surface area (Å²) in [5.74, 6) is 0.468. The number of carbonyl (C=O) groups excluding carboxylic acids is 1. The molecule has 1 amide bonds. The molecule has 1 aromatic carbocycles. The predicted molar refractivity (Wildman–Crippen MR) is 79.4 cm³/mol. The number of nitrogens with zero attached hydrogens (tertiary/aromatic N) is 2. The van der Waals surface area contributed by atoms with Crippen LogP contribution in [0.2, 0.25) is 0 Å². The molecule has 0 saturated heterocycles. The van der Waals surface area contributed by atoms with Crippen molar-refractivity contribution in [1.29, 1.82) is 5.26 Å². The lowest BCUT2D eigenvalue weighted by Crippen LogP contribution is -2.35. The number of hydrogen-bond donors (Lipinski definition) is 0. The summed E-state index contributed by atoms with van der Waals surface area (Å²) in [6.45, 7) is 5.41. The number of aryl methyl sites for hydroxylation is 2. The Kier molecular flexibility index (Phi) is 4.79. The third kappa shape index (κ3) is 3.39. The van der Waals surface area contributed by atoms with Gasteiger partial charge in [-0.05, 0) is 48.4 Å². The van der Waals surface area contributed by atoms with Gasteiger partial charge >= 0.3 is 0 Å². The summed E-state index contributed by atoms with van der Waals surface area (Å²) in [5.41, 5.74) is 3.47. The summed E-state index contributed by atoms with van der Waals surface area (Å²) in [7, 11) is 0. The molecule has 0 bridgehead atoms. The molecular formula is C17H22N2O. The first-order chi connectivity index (χ1) is 9.61. The first-order valence-electron chi connectivity index (χ1n) is 7.40. The zero-order valence-electron chi connectivity index (χ0n) is 12.4. The normalized spacial score (nSPS) is 13.1. The van der Waals surface area contributed by atoms with Crippen LogP contribution in [0.25, 0.3) is 0 Å². The van der Waals surface area contributed by atoms with Gasteiger partial charge in [0.15, 0.2) is 0 Å². The lowest BCUT2D eigenvalue weighted by Gasteiger charge is -2.24. The first kappa shape index (κ1) is 14.6. The van der Waals surface area contributed by atoms with Crippen LogP contribution in [0, 0.1) is 17.2 Å². The second kappa shape index (κ2) is 6.56. The maximum Gasteiger partial charge on any atom is 0.253 e. The Morgan fingerprint density at radius 1 is 1.35 bits per heavy atom. The van der Waals surface area contributed by atoms with E-state index in [4.69, 9.17) is 5.26 Å². The molecule has 0 atom stereocenters. The van der Waals surface area contributed by atoms with Gasteiger partial charge in [0, 0.05) is 18.7 Å². The number of amides is 1. The predicted octanol–water partition coefficient (Wildman–Crippen LogP) is 3.19. The molecule has 0 heterocycles. The van der Waals surface area contributed by atoms with Gasteiger partial charge in [0.05, 0.1) is 12.5 Å². The molecule has 0 spiro atoms. The summed E-state index contributed by atoms with van der Waals surface area (Å²) in [6, 6.07) is 8.20. The molecule has 0 N–H and O–H groups in total. The lowest BCUT2D eigenvalue weighted by molar-refractivity contribution is 0.0740. The Morgan fingerprint density at radius 3 is 2.80 bits per heavy atom. The molecule has 1 aliphatic carbocycles. The Labute approximate surface area is 121 Å². The van der Waals surface area contributed by atoms with Crippen LogP contribution in [-0.2, 0) is 12.8 Å². The number of hydrogen-bond acceptors (Lipinski definition) is 2. The van der Waals surface area contributed by atoms with Crippen LogP contribution in [-0.4, -0.2) is 23.9 Å². The van der Waals surface area contributed by atoms with Crippen LogP contribution in [0.4, 0.5) is 0 Å². The minimum atomic E-state index is 0.0589. The molecule has 0 aromatic heterocycles. The van der Waals surface area contributed by atoms with E-state index < -0.39 is 0 Å². The second-order valence-corrected chi connectivity index (χ2v) is 5.89. The van der Waals surface area contributed by atoms with Crippen molar-refractivity contribution in [3.8, 4) is 6.07 Å².